The maximum Gasteiger partial charge on any atom is 0.409 e. The first kappa shape index (κ1) is 18.9. The number of amides is 2. The third-order valence-electron chi connectivity index (χ3n) is 4.36. The Morgan fingerprint density at radius 3 is 2.32 bits per heavy atom. The van der Waals surface area contributed by atoms with Crippen LogP contribution in [-0.2, 0) is 16.0 Å². The molecule has 0 saturated carbocycles. The number of benzene rings is 1. The zero-order valence-electron chi connectivity index (χ0n) is 15.1. The molecule has 0 N–H and O–H groups in total. The van der Waals surface area contributed by atoms with E-state index in [1.54, 1.807) is 19.1 Å². The summed E-state index contributed by atoms with van der Waals surface area (Å²) >= 11 is 0. The average molecular weight is 350 g/mol. The largest absolute Gasteiger partial charge is 0.493 e. The Labute approximate surface area is 148 Å². The number of ether oxygens (including phenoxy) is 3. The van der Waals surface area contributed by atoms with Crippen LogP contribution in [-0.4, -0.2) is 69.3 Å². The molecule has 0 atom stereocenters. The first-order valence-corrected chi connectivity index (χ1v) is 8.40. The van der Waals surface area contributed by atoms with Gasteiger partial charge in [0.05, 0.1) is 21.3 Å². The van der Waals surface area contributed by atoms with Crippen LogP contribution >= 0.6 is 0 Å². The van der Waals surface area contributed by atoms with Gasteiger partial charge in [-0.25, -0.2) is 4.79 Å². The minimum absolute atomic E-state index is 0.0986. The summed E-state index contributed by atoms with van der Waals surface area (Å²) in [7, 11) is 4.56. The van der Waals surface area contributed by atoms with Crippen molar-refractivity contribution in [3.63, 3.8) is 0 Å². The molecule has 1 aliphatic heterocycles. The van der Waals surface area contributed by atoms with E-state index in [1.165, 1.54) is 7.11 Å². The Kier molecular flexibility index (Phi) is 6.91. The van der Waals surface area contributed by atoms with Gasteiger partial charge >= 0.3 is 6.09 Å². The summed E-state index contributed by atoms with van der Waals surface area (Å²) in [6.45, 7) is 2.33. The summed E-state index contributed by atoms with van der Waals surface area (Å²) in [5.74, 6) is 1.44. The maximum absolute atomic E-state index is 12.5. The molecule has 0 radical (unpaired) electrons. The number of hydrogen-bond acceptors (Lipinski definition) is 5. The Morgan fingerprint density at radius 2 is 1.64 bits per heavy atom. The van der Waals surface area contributed by atoms with Crippen molar-refractivity contribution in [2.75, 3.05) is 47.5 Å². The molecular formula is C18H26N2O5. The van der Waals surface area contributed by atoms with Crippen molar-refractivity contribution in [3.05, 3.63) is 23.8 Å². The normalized spacial score (nSPS) is 14.7. The quantitative estimate of drug-likeness (QED) is 0.812. The minimum atomic E-state index is -0.334. The molecular weight excluding hydrogens is 324 g/mol. The molecule has 0 aromatic heterocycles. The van der Waals surface area contributed by atoms with Gasteiger partial charge in [0.1, 0.15) is 0 Å². The van der Waals surface area contributed by atoms with Gasteiger partial charge in [0.2, 0.25) is 5.91 Å². The molecule has 1 aromatic rings. The Hall–Kier alpha value is -2.44. The van der Waals surface area contributed by atoms with E-state index < -0.39 is 0 Å². The molecule has 138 valence electrons. The van der Waals surface area contributed by atoms with Crippen molar-refractivity contribution in [3.8, 4) is 11.5 Å². The van der Waals surface area contributed by atoms with Gasteiger partial charge in [-0.1, -0.05) is 6.07 Å². The van der Waals surface area contributed by atoms with Gasteiger partial charge in [-0.05, 0) is 30.5 Å². The highest BCUT2D eigenvalue weighted by molar-refractivity contribution is 5.76. The van der Waals surface area contributed by atoms with Crippen LogP contribution in [0.2, 0.25) is 0 Å². The van der Waals surface area contributed by atoms with E-state index in [4.69, 9.17) is 14.2 Å². The molecule has 1 aliphatic rings. The molecule has 7 nitrogen and oxygen atoms in total. The molecule has 2 amide bonds. The minimum Gasteiger partial charge on any atom is -0.493 e. The standard InChI is InChI=1S/C18H26N2O5/c1-23-15-7-5-14(13-16(15)24-2)6-8-17(21)19-9-4-10-20(12-11-19)18(22)25-3/h5,7,13H,4,6,8-12H2,1-3H3. The van der Waals surface area contributed by atoms with E-state index in [0.29, 0.717) is 50.5 Å². The van der Waals surface area contributed by atoms with E-state index in [1.807, 2.05) is 23.1 Å². The van der Waals surface area contributed by atoms with Gasteiger partial charge in [-0.3, -0.25) is 4.79 Å². The zero-order chi connectivity index (χ0) is 18.2. The predicted octanol–water partition coefficient (Wildman–Crippen LogP) is 1.94. The van der Waals surface area contributed by atoms with Gasteiger partial charge in [0, 0.05) is 32.6 Å². The molecule has 1 saturated heterocycles. The highest BCUT2D eigenvalue weighted by atomic mass is 16.5. The summed E-state index contributed by atoms with van der Waals surface area (Å²) in [5, 5.41) is 0. The second kappa shape index (κ2) is 9.15. The molecule has 25 heavy (non-hydrogen) atoms. The van der Waals surface area contributed by atoms with Crippen LogP contribution < -0.4 is 9.47 Å². The van der Waals surface area contributed by atoms with Gasteiger partial charge in [-0.2, -0.15) is 0 Å². The lowest BCUT2D eigenvalue weighted by Gasteiger charge is -2.21. The Bertz CT molecular complexity index is 605. The van der Waals surface area contributed by atoms with Crippen molar-refractivity contribution >= 4 is 12.0 Å². The zero-order valence-corrected chi connectivity index (χ0v) is 15.1. The van der Waals surface area contributed by atoms with E-state index in [2.05, 4.69) is 0 Å². The van der Waals surface area contributed by atoms with Crippen LogP contribution in [0.4, 0.5) is 4.79 Å². The van der Waals surface area contributed by atoms with Crippen molar-refractivity contribution in [2.45, 2.75) is 19.3 Å². The summed E-state index contributed by atoms with van der Waals surface area (Å²) in [5.41, 5.74) is 1.03. The first-order valence-electron chi connectivity index (χ1n) is 8.40. The topological polar surface area (TPSA) is 68.3 Å². The number of nitrogens with zero attached hydrogens (tertiary/aromatic N) is 2. The second-order valence-electron chi connectivity index (χ2n) is 5.88. The molecule has 0 unspecified atom stereocenters. The fourth-order valence-corrected chi connectivity index (χ4v) is 2.92. The van der Waals surface area contributed by atoms with Crippen molar-refractivity contribution in [1.82, 2.24) is 9.80 Å². The van der Waals surface area contributed by atoms with Gasteiger partial charge in [0.25, 0.3) is 0 Å². The lowest BCUT2D eigenvalue weighted by atomic mass is 10.1. The smallest absolute Gasteiger partial charge is 0.409 e. The number of carbonyl (C=O) groups is 2. The lowest BCUT2D eigenvalue weighted by molar-refractivity contribution is -0.131. The Balaban J connectivity index is 1.89. The summed E-state index contributed by atoms with van der Waals surface area (Å²) in [6.07, 6.45) is 1.49. The van der Waals surface area contributed by atoms with Crippen LogP contribution in [0.15, 0.2) is 18.2 Å². The van der Waals surface area contributed by atoms with E-state index in [-0.39, 0.29) is 12.0 Å². The highest BCUT2D eigenvalue weighted by Gasteiger charge is 2.22. The highest BCUT2D eigenvalue weighted by Crippen LogP contribution is 2.28. The monoisotopic (exact) mass is 350 g/mol. The van der Waals surface area contributed by atoms with Crippen LogP contribution in [0.25, 0.3) is 0 Å². The molecule has 7 heteroatoms. The van der Waals surface area contributed by atoms with Crippen LogP contribution in [0.5, 0.6) is 11.5 Å². The third kappa shape index (κ3) is 5.01. The fourth-order valence-electron chi connectivity index (χ4n) is 2.92. The van der Waals surface area contributed by atoms with E-state index in [9.17, 15) is 9.59 Å². The van der Waals surface area contributed by atoms with Gasteiger partial charge in [0.15, 0.2) is 11.5 Å². The molecule has 1 aromatic carbocycles. The number of rotatable bonds is 5. The molecule has 0 bridgehead atoms. The number of aryl methyl sites for hydroxylation is 1. The van der Waals surface area contributed by atoms with Crippen molar-refractivity contribution in [1.29, 1.82) is 0 Å². The molecule has 0 spiro atoms. The third-order valence-corrected chi connectivity index (χ3v) is 4.36. The van der Waals surface area contributed by atoms with Crippen molar-refractivity contribution in [2.24, 2.45) is 0 Å². The van der Waals surface area contributed by atoms with Crippen LogP contribution in [0.3, 0.4) is 0 Å². The number of methoxy groups -OCH3 is 3. The molecule has 2 rings (SSSR count). The van der Waals surface area contributed by atoms with Crippen LogP contribution in [0.1, 0.15) is 18.4 Å². The molecule has 1 fully saturated rings. The summed E-state index contributed by atoms with van der Waals surface area (Å²) in [4.78, 5) is 27.5. The Morgan fingerprint density at radius 1 is 0.960 bits per heavy atom. The average Bonchev–Trinajstić information content (AvgIpc) is 2.91. The predicted molar refractivity (Wildman–Crippen MR) is 93.0 cm³/mol. The summed E-state index contributed by atoms with van der Waals surface area (Å²) in [6, 6.07) is 5.68. The number of hydrogen-bond donors (Lipinski definition) is 0. The number of carbonyl (C=O) groups excluding carboxylic acids is 2. The van der Waals surface area contributed by atoms with E-state index in [0.717, 1.165) is 12.0 Å². The summed E-state index contributed by atoms with van der Waals surface area (Å²) < 4.78 is 15.3. The maximum atomic E-state index is 12.5. The first-order chi connectivity index (χ1) is 12.1. The lowest BCUT2D eigenvalue weighted by Crippen LogP contribution is -2.37. The second-order valence-corrected chi connectivity index (χ2v) is 5.88. The molecule has 1 heterocycles. The SMILES string of the molecule is COC(=O)N1CCCN(C(=O)CCc2ccc(OC)c(OC)c2)CC1. The van der Waals surface area contributed by atoms with Gasteiger partial charge < -0.3 is 24.0 Å². The molecule has 0 aliphatic carbocycles. The van der Waals surface area contributed by atoms with E-state index >= 15 is 0 Å². The van der Waals surface area contributed by atoms with Crippen molar-refractivity contribution < 1.29 is 23.8 Å². The van der Waals surface area contributed by atoms with Crippen LogP contribution in [0, 0.1) is 0 Å². The fraction of sp³-hybridized carbons (Fsp3) is 0.556. The van der Waals surface area contributed by atoms with Gasteiger partial charge in [-0.15, -0.1) is 0 Å².